The maximum Gasteiger partial charge on any atom is 0.246 e. The van der Waals surface area contributed by atoms with Crippen molar-refractivity contribution in [2.24, 2.45) is 0 Å². The van der Waals surface area contributed by atoms with E-state index >= 15 is 0 Å². The topological polar surface area (TPSA) is 66.5 Å². The van der Waals surface area contributed by atoms with Gasteiger partial charge in [-0.3, -0.25) is 4.79 Å². The van der Waals surface area contributed by atoms with Crippen LogP contribution in [0.3, 0.4) is 0 Å². The highest BCUT2D eigenvalue weighted by atomic mass is 32.2. The molecule has 1 aliphatic rings. The van der Waals surface area contributed by atoms with E-state index in [9.17, 15) is 17.6 Å². The van der Waals surface area contributed by atoms with Crippen molar-refractivity contribution in [3.8, 4) is 0 Å². The minimum absolute atomic E-state index is 0.0385. The monoisotopic (exact) mass is 408 g/mol. The van der Waals surface area contributed by atoms with Gasteiger partial charge in [0.2, 0.25) is 15.9 Å². The molecule has 8 heteroatoms. The SMILES string of the molecule is Cc1ccc(/C=C/C(=O)N2CCC(NS(=O)(=O)c3ccc(F)cc3)CC2)s1. The number of carbonyl (C=O) groups is 1. The fourth-order valence-corrected chi connectivity index (χ4v) is 5.01. The highest BCUT2D eigenvalue weighted by Crippen LogP contribution is 2.18. The molecule has 1 amide bonds. The number of nitrogens with zero attached hydrogens (tertiary/aromatic N) is 1. The van der Waals surface area contributed by atoms with Gasteiger partial charge in [-0.2, -0.15) is 0 Å². The molecule has 0 atom stereocenters. The number of aryl methyl sites for hydroxylation is 1. The molecule has 1 aromatic carbocycles. The number of carbonyl (C=O) groups excluding carboxylic acids is 1. The lowest BCUT2D eigenvalue weighted by Gasteiger charge is -2.31. The van der Waals surface area contributed by atoms with E-state index in [4.69, 9.17) is 0 Å². The summed E-state index contributed by atoms with van der Waals surface area (Å²) in [4.78, 5) is 16.3. The number of hydrogen-bond acceptors (Lipinski definition) is 4. The first-order valence-electron chi connectivity index (χ1n) is 8.65. The predicted octanol–water partition coefficient (Wildman–Crippen LogP) is 3.18. The summed E-state index contributed by atoms with van der Waals surface area (Å²) in [6.45, 7) is 2.99. The van der Waals surface area contributed by atoms with Crippen LogP contribution in [-0.4, -0.2) is 38.4 Å². The van der Waals surface area contributed by atoms with E-state index in [0.717, 1.165) is 17.0 Å². The maximum atomic E-state index is 13.0. The van der Waals surface area contributed by atoms with Crippen LogP contribution >= 0.6 is 11.3 Å². The molecule has 1 aliphatic heterocycles. The molecule has 0 spiro atoms. The fourth-order valence-electron chi connectivity index (χ4n) is 2.92. The standard InChI is InChI=1S/C19H21FN2O3S2/c1-14-2-5-17(26-14)6-9-19(23)22-12-10-16(11-13-22)21-27(24,25)18-7-3-15(20)4-8-18/h2-9,16,21H,10-13H2,1H3/b9-6+. The number of rotatable bonds is 5. The van der Waals surface area contributed by atoms with Crippen molar-refractivity contribution in [1.29, 1.82) is 0 Å². The van der Waals surface area contributed by atoms with Gasteiger partial charge in [0.25, 0.3) is 0 Å². The Hall–Kier alpha value is -2.03. The molecule has 1 N–H and O–H groups in total. The van der Waals surface area contributed by atoms with Crippen molar-refractivity contribution < 1.29 is 17.6 Å². The van der Waals surface area contributed by atoms with E-state index in [1.807, 2.05) is 25.1 Å². The van der Waals surface area contributed by atoms with Crippen LogP contribution in [0.25, 0.3) is 6.08 Å². The van der Waals surface area contributed by atoms with Gasteiger partial charge >= 0.3 is 0 Å². The summed E-state index contributed by atoms with van der Waals surface area (Å²) in [5.74, 6) is -0.549. The van der Waals surface area contributed by atoms with Gasteiger partial charge in [0, 0.05) is 35.0 Å². The molecule has 144 valence electrons. The first kappa shape index (κ1) is 19.7. The largest absolute Gasteiger partial charge is 0.339 e. The van der Waals surface area contributed by atoms with Crippen molar-refractivity contribution in [3.05, 3.63) is 58.0 Å². The van der Waals surface area contributed by atoms with Crippen molar-refractivity contribution in [2.75, 3.05) is 13.1 Å². The van der Waals surface area contributed by atoms with Crippen LogP contribution in [0.1, 0.15) is 22.6 Å². The van der Waals surface area contributed by atoms with E-state index in [1.54, 1.807) is 22.3 Å². The highest BCUT2D eigenvalue weighted by molar-refractivity contribution is 7.89. The Labute approximate surface area is 162 Å². The Morgan fingerprint density at radius 1 is 1.19 bits per heavy atom. The van der Waals surface area contributed by atoms with Gasteiger partial charge in [0.1, 0.15) is 5.82 Å². The van der Waals surface area contributed by atoms with Gasteiger partial charge in [0.15, 0.2) is 0 Å². The zero-order valence-corrected chi connectivity index (χ0v) is 16.5. The van der Waals surface area contributed by atoms with Crippen LogP contribution in [0.15, 0.2) is 47.4 Å². The molecule has 0 saturated carbocycles. The van der Waals surface area contributed by atoms with Crippen LogP contribution in [0.5, 0.6) is 0 Å². The zero-order chi connectivity index (χ0) is 19.4. The first-order valence-corrected chi connectivity index (χ1v) is 10.9. The maximum absolute atomic E-state index is 13.0. The van der Waals surface area contributed by atoms with Crippen LogP contribution in [0.2, 0.25) is 0 Å². The minimum Gasteiger partial charge on any atom is -0.339 e. The minimum atomic E-state index is -3.69. The first-order chi connectivity index (χ1) is 12.8. The second-order valence-electron chi connectivity index (χ2n) is 6.46. The van der Waals surface area contributed by atoms with Gasteiger partial charge in [-0.25, -0.2) is 17.5 Å². The molecule has 1 saturated heterocycles. The number of piperidine rings is 1. The van der Waals surface area contributed by atoms with Crippen molar-refractivity contribution in [3.63, 3.8) is 0 Å². The van der Waals surface area contributed by atoms with Crippen molar-refractivity contribution >= 4 is 33.3 Å². The fraction of sp³-hybridized carbons (Fsp3) is 0.316. The quantitative estimate of drug-likeness (QED) is 0.773. The van der Waals surface area contributed by atoms with E-state index in [1.165, 1.54) is 17.0 Å². The smallest absolute Gasteiger partial charge is 0.246 e. The number of hydrogen-bond donors (Lipinski definition) is 1. The van der Waals surface area contributed by atoms with Crippen LogP contribution < -0.4 is 4.72 Å². The average molecular weight is 409 g/mol. The van der Waals surface area contributed by atoms with Gasteiger partial charge in [-0.15, -0.1) is 11.3 Å². The Kier molecular flexibility index (Phi) is 6.08. The molecule has 0 aliphatic carbocycles. The van der Waals surface area contributed by atoms with Gasteiger partial charge in [-0.05, 0) is 62.2 Å². The molecule has 1 aromatic heterocycles. The normalized spacial score (nSPS) is 16.1. The summed E-state index contributed by atoms with van der Waals surface area (Å²) >= 11 is 1.62. The van der Waals surface area contributed by atoms with E-state index in [0.29, 0.717) is 25.9 Å². The molecule has 2 aromatic rings. The lowest BCUT2D eigenvalue weighted by atomic mass is 10.1. The Balaban J connectivity index is 1.53. The van der Waals surface area contributed by atoms with E-state index in [2.05, 4.69) is 4.72 Å². The van der Waals surface area contributed by atoms with E-state index in [-0.39, 0.29) is 16.8 Å². The number of thiophene rings is 1. The van der Waals surface area contributed by atoms with Crippen LogP contribution in [-0.2, 0) is 14.8 Å². The van der Waals surface area contributed by atoms with E-state index < -0.39 is 15.8 Å². The molecular weight excluding hydrogens is 387 g/mol. The predicted molar refractivity (Wildman–Crippen MR) is 104 cm³/mol. The third-order valence-corrected chi connectivity index (χ3v) is 6.91. The molecule has 0 bridgehead atoms. The van der Waals surface area contributed by atoms with Gasteiger partial charge in [-0.1, -0.05) is 0 Å². The van der Waals surface area contributed by atoms with Gasteiger partial charge < -0.3 is 4.90 Å². The van der Waals surface area contributed by atoms with Crippen molar-refractivity contribution in [1.82, 2.24) is 9.62 Å². The summed E-state index contributed by atoms with van der Waals surface area (Å²) in [5, 5.41) is 0. The third kappa shape index (κ3) is 5.24. The molecule has 0 radical (unpaired) electrons. The lowest BCUT2D eigenvalue weighted by Crippen LogP contribution is -2.46. The molecule has 3 rings (SSSR count). The highest BCUT2D eigenvalue weighted by Gasteiger charge is 2.26. The Morgan fingerprint density at radius 2 is 1.85 bits per heavy atom. The molecule has 1 fully saturated rings. The van der Waals surface area contributed by atoms with Crippen molar-refractivity contribution in [2.45, 2.75) is 30.7 Å². The molecular formula is C19H21FN2O3S2. The number of halogens is 1. The summed E-state index contributed by atoms with van der Waals surface area (Å²) < 4.78 is 40.3. The summed E-state index contributed by atoms with van der Waals surface area (Å²) in [7, 11) is -3.69. The number of likely N-dealkylation sites (tertiary alicyclic amines) is 1. The summed E-state index contributed by atoms with van der Waals surface area (Å²) in [5.41, 5.74) is 0. The summed E-state index contributed by atoms with van der Waals surface area (Å²) in [6, 6.07) is 8.47. The summed E-state index contributed by atoms with van der Waals surface area (Å²) in [6.07, 6.45) is 4.45. The number of amides is 1. The van der Waals surface area contributed by atoms with Crippen LogP contribution in [0.4, 0.5) is 4.39 Å². The average Bonchev–Trinajstić information content (AvgIpc) is 3.06. The van der Waals surface area contributed by atoms with Crippen LogP contribution in [0, 0.1) is 12.7 Å². The Bertz CT molecular complexity index is 928. The number of nitrogens with one attached hydrogen (secondary N) is 1. The van der Waals surface area contributed by atoms with Gasteiger partial charge in [0.05, 0.1) is 4.90 Å². The lowest BCUT2D eigenvalue weighted by molar-refractivity contribution is -0.126. The second kappa shape index (κ2) is 8.33. The molecule has 2 heterocycles. The number of sulfonamides is 1. The molecule has 0 unspecified atom stereocenters. The molecule has 27 heavy (non-hydrogen) atoms. The third-order valence-electron chi connectivity index (χ3n) is 4.40. The number of benzene rings is 1. The molecule has 5 nitrogen and oxygen atoms in total. The zero-order valence-electron chi connectivity index (χ0n) is 14.9. The second-order valence-corrected chi connectivity index (χ2v) is 9.49. The Morgan fingerprint density at radius 3 is 2.44 bits per heavy atom.